The molecule has 5 heteroatoms. The van der Waals surface area contributed by atoms with Crippen LogP contribution in [0, 0.1) is 17.2 Å². The van der Waals surface area contributed by atoms with E-state index in [1.807, 2.05) is 6.07 Å². The highest BCUT2D eigenvalue weighted by Gasteiger charge is 2.25. The molecular formula is C23H25N3OS. The van der Waals surface area contributed by atoms with E-state index in [1.165, 1.54) is 16.0 Å². The van der Waals surface area contributed by atoms with E-state index in [4.69, 9.17) is 0 Å². The van der Waals surface area contributed by atoms with E-state index in [-0.39, 0.29) is 5.91 Å². The second-order valence-corrected chi connectivity index (χ2v) is 8.90. The molecule has 4 nitrogen and oxygen atoms in total. The van der Waals surface area contributed by atoms with Crippen LogP contribution in [0.3, 0.4) is 0 Å². The van der Waals surface area contributed by atoms with Gasteiger partial charge in [-0.05, 0) is 48.3 Å². The number of fused-ring (bicyclic) bond motifs is 1. The van der Waals surface area contributed by atoms with Crippen molar-refractivity contribution in [3.63, 3.8) is 0 Å². The zero-order chi connectivity index (χ0) is 19.5. The second kappa shape index (κ2) is 8.30. The van der Waals surface area contributed by atoms with Crippen molar-refractivity contribution in [2.45, 2.75) is 32.6 Å². The summed E-state index contributed by atoms with van der Waals surface area (Å²) in [5, 5.41) is 13.3. The van der Waals surface area contributed by atoms with Crippen LogP contribution in [0.1, 0.15) is 41.3 Å². The maximum Gasteiger partial charge on any atom is 0.239 e. The van der Waals surface area contributed by atoms with Crippen LogP contribution < -0.4 is 5.32 Å². The van der Waals surface area contributed by atoms with Crippen LogP contribution in [0.5, 0.6) is 0 Å². The van der Waals surface area contributed by atoms with Gasteiger partial charge >= 0.3 is 0 Å². The molecule has 0 saturated heterocycles. The second-order valence-electron chi connectivity index (χ2n) is 7.80. The zero-order valence-electron chi connectivity index (χ0n) is 16.2. The fourth-order valence-electron chi connectivity index (χ4n) is 4.10. The summed E-state index contributed by atoms with van der Waals surface area (Å²) in [7, 11) is 0. The van der Waals surface area contributed by atoms with Crippen LogP contribution in [0.25, 0.3) is 5.57 Å². The number of rotatable bonds is 4. The average molecular weight is 392 g/mol. The fraction of sp³-hybridized carbons (Fsp3) is 0.391. The minimum absolute atomic E-state index is 0.0280. The third-order valence-corrected chi connectivity index (χ3v) is 6.85. The molecule has 0 unspecified atom stereocenters. The van der Waals surface area contributed by atoms with Gasteiger partial charge in [0.05, 0.1) is 12.1 Å². The number of nitrogens with zero attached hydrogens (tertiary/aromatic N) is 2. The molecule has 0 radical (unpaired) electrons. The Kier molecular flexibility index (Phi) is 5.61. The van der Waals surface area contributed by atoms with Gasteiger partial charge in [-0.15, -0.1) is 11.3 Å². The monoisotopic (exact) mass is 391 g/mol. The van der Waals surface area contributed by atoms with Gasteiger partial charge in [-0.1, -0.05) is 43.3 Å². The molecule has 0 fully saturated rings. The highest BCUT2D eigenvalue weighted by Crippen LogP contribution is 2.39. The van der Waals surface area contributed by atoms with Crippen LogP contribution in [-0.4, -0.2) is 30.4 Å². The highest BCUT2D eigenvalue weighted by atomic mass is 32.1. The van der Waals surface area contributed by atoms with E-state index in [1.54, 1.807) is 11.3 Å². The smallest absolute Gasteiger partial charge is 0.239 e. The van der Waals surface area contributed by atoms with Gasteiger partial charge in [-0.2, -0.15) is 5.26 Å². The third-order valence-electron chi connectivity index (χ3n) is 5.68. The molecular weight excluding hydrogens is 366 g/mol. The molecule has 2 aromatic rings. The molecule has 1 aromatic carbocycles. The Hall–Kier alpha value is -2.42. The maximum atomic E-state index is 12.6. The van der Waals surface area contributed by atoms with Crippen molar-refractivity contribution in [3.8, 4) is 6.07 Å². The first-order valence-electron chi connectivity index (χ1n) is 9.95. The summed E-state index contributed by atoms with van der Waals surface area (Å²) in [4.78, 5) is 16.0. The number of hydrogen-bond donors (Lipinski definition) is 1. The Morgan fingerprint density at radius 1 is 1.32 bits per heavy atom. The average Bonchev–Trinajstić information content (AvgIpc) is 3.04. The number of anilines is 1. The summed E-state index contributed by atoms with van der Waals surface area (Å²) >= 11 is 1.59. The van der Waals surface area contributed by atoms with Crippen molar-refractivity contribution in [2.24, 2.45) is 5.92 Å². The van der Waals surface area contributed by atoms with Crippen molar-refractivity contribution in [1.29, 1.82) is 5.26 Å². The lowest BCUT2D eigenvalue weighted by atomic mass is 9.89. The summed E-state index contributed by atoms with van der Waals surface area (Å²) in [5.74, 6) is 0.625. The first-order chi connectivity index (χ1) is 13.6. The Bertz CT molecular complexity index is 939. The molecule has 2 aliphatic rings. The van der Waals surface area contributed by atoms with Gasteiger partial charge in [0, 0.05) is 18.0 Å². The number of carbonyl (C=O) groups is 1. The SMILES string of the molecule is C[C@H]1CCc2c(sc(NC(=O)CN3CC=C(c4ccccc4)CC3)c2C#N)C1. The van der Waals surface area contributed by atoms with Gasteiger partial charge in [0.25, 0.3) is 0 Å². The molecule has 28 heavy (non-hydrogen) atoms. The van der Waals surface area contributed by atoms with E-state index in [0.29, 0.717) is 18.0 Å². The van der Waals surface area contributed by atoms with Crippen molar-refractivity contribution >= 4 is 27.8 Å². The molecule has 2 heterocycles. The molecule has 0 bridgehead atoms. The van der Waals surface area contributed by atoms with E-state index in [2.05, 4.69) is 53.6 Å². The Morgan fingerprint density at radius 2 is 2.14 bits per heavy atom. The Balaban J connectivity index is 1.38. The standard InChI is InChI=1S/C23H25N3OS/c1-16-7-8-19-20(14-24)23(28-21(19)13-16)25-22(27)15-26-11-9-18(10-12-26)17-5-3-2-4-6-17/h2-6,9,16H,7-8,10-13,15H2,1H3,(H,25,27)/t16-/m0/s1. The summed E-state index contributed by atoms with van der Waals surface area (Å²) < 4.78 is 0. The van der Waals surface area contributed by atoms with Crippen LogP contribution in [-0.2, 0) is 17.6 Å². The normalized spacial score (nSPS) is 19.4. The van der Waals surface area contributed by atoms with Crippen LogP contribution in [0.4, 0.5) is 5.00 Å². The van der Waals surface area contributed by atoms with Crippen molar-refractivity contribution in [3.05, 3.63) is 58.0 Å². The van der Waals surface area contributed by atoms with Crippen LogP contribution in [0.2, 0.25) is 0 Å². The number of carbonyl (C=O) groups excluding carboxylic acids is 1. The number of nitrogens with one attached hydrogen (secondary N) is 1. The fourth-order valence-corrected chi connectivity index (χ4v) is 5.47. The largest absolute Gasteiger partial charge is 0.315 e. The molecule has 144 valence electrons. The first-order valence-corrected chi connectivity index (χ1v) is 10.8. The predicted octanol–water partition coefficient (Wildman–Crippen LogP) is 4.47. The van der Waals surface area contributed by atoms with Gasteiger partial charge in [-0.3, -0.25) is 9.69 Å². The molecule has 4 rings (SSSR count). The maximum absolute atomic E-state index is 12.6. The lowest BCUT2D eigenvalue weighted by Crippen LogP contribution is -2.36. The quantitative estimate of drug-likeness (QED) is 0.836. The molecule has 1 aliphatic carbocycles. The highest BCUT2D eigenvalue weighted by molar-refractivity contribution is 7.16. The Morgan fingerprint density at radius 3 is 2.86 bits per heavy atom. The molecule has 1 N–H and O–H groups in total. The first kappa shape index (κ1) is 18.9. The van der Waals surface area contributed by atoms with Crippen molar-refractivity contribution < 1.29 is 4.79 Å². The van der Waals surface area contributed by atoms with Gasteiger partial charge in [-0.25, -0.2) is 0 Å². The molecule has 0 saturated carbocycles. The summed E-state index contributed by atoms with van der Waals surface area (Å²) in [6.07, 6.45) is 6.26. The summed E-state index contributed by atoms with van der Waals surface area (Å²) in [6, 6.07) is 12.7. The van der Waals surface area contributed by atoms with Gasteiger partial charge in [0.2, 0.25) is 5.91 Å². The van der Waals surface area contributed by atoms with Crippen molar-refractivity contribution in [2.75, 3.05) is 25.0 Å². The van der Waals surface area contributed by atoms with E-state index < -0.39 is 0 Å². The van der Waals surface area contributed by atoms with Gasteiger partial charge in [0.15, 0.2) is 0 Å². The lowest BCUT2D eigenvalue weighted by molar-refractivity contribution is -0.117. The van der Waals surface area contributed by atoms with Gasteiger partial charge in [0.1, 0.15) is 11.1 Å². The molecule has 1 aliphatic heterocycles. The van der Waals surface area contributed by atoms with E-state index >= 15 is 0 Å². The molecule has 1 atom stereocenters. The van der Waals surface area contributed by atoms with E-state index in [9.17, 15) is 10.1 Å². The predicted molar refractivity (Wildman–Crippen MR) is 114 cm³/mol. The lowest BCUT2D eigenvalue weighted by Gasteiger charge is -2.25. The number of thiophene rings is 1. The minimum Gasteiger partial charge on any atom is -0.315 e. The number of benzene rings is 1. The molecule has 1 aromatic heterocycles. The van der Waals surface area contributed by atoms with Gasteiger partial charge < -0.3 is 5.32 Å². The number of nitriles is 1. The minimum atomic E-state index is -0.0280. The van der Waals surface area contributed by atoms with E-state index in [0.717, 1.165) is 49.3 Å². The Labute approximate surface area is 170 Å². The number of hydrogen-bond acceptors (Lipinski definition) is 4. The molecule has 1 amide bonds. The molecule has 0 spiro atoms. The van der Waals surface area contributed by atoms with Crippen LogP contribution >= 0.6 is 11.3 Å². The topological polar surface area (TPSA) is 56.1 Å². The van der Waals surface area contributed by atoms with Crippen molar-refractivity contribution in [1.82, 2.24) is 4.90 Å². The summed E-state index contributed by atoms with van der Waals surface area (Å²) in [5.41, 5.74) is 4.46. The zero-order valence-corrected chi connectivity index (χ0v) is 17.0. The third kappa shape index (κ3) is 4.04. The number of amides is 1. The van der Waals surface area contributed by atoms with Crippen LogP contribution in [0.15, 0.2) is 36.4 Å². The summed E-state index contributed by atoms with van der Waals surface area (Å²) in [6.45, 7) is 4.27.